The summed E-state index contributed by atoms with van der Waals surface area (Å²) in [5.41, 5.74) is 5.13. The van der Waals surface area contributed by atoms with E-state index in [4.69, 9.17) is 10.8 Å². The third kappa shape index (κ3) is 7.39. The van der Waals surface area contributed by atoms with E-state index in [2.05, 4.69) is 6.92 Å². The van der Waals surface area contributed by atoms with Crippen molar-refractivity contribution in [2.45, 2.75) is 91.0 Å². The lowest BCUT2D eigenvalue weighted by Crippen LogP contribution is -2.53. The zero-order valence-electron chi connectivity index (χ0n) is 14.9. The summed E-state index contributed by atoms with van der Waals surface area (Å²) < 4.78 is 0. The number of hydrogen-bond acceptors (Lipinski definition) is 3. The van der Waals surface area contributed by atoms with E-state index in [9.17, 15) is 9.59 Å². The van der Waals surface area contributed by atoms with Crippen molar-refractivity contribution in [3.05, 3.63) is 0 Å². The SMILES string of the molecule is CCCCCCCCC(CC)C(=O)C(C)(N)C(C)CC(=O)O. The Bertz CT molecular complexity index is 339. The largest absolute Gasteiger partial charge is 0.481 e. The highest BCUT2D eigenvalue weighted by molar-refractivity contribution is 5.90. The molecule has 0 aromatic heterocycles. The Morgan fingerprint density at radius 2 is 1.64 bits per heavy atom. The first kappa shape index (κ1) is 21.1. The van der Waals surface area contributed by atoms with Crippen molar-refractivity contribution in [1.82, 2.24) is 0 Å². The van der Waals surface area contributed by atoms with Gasteiger partial charge in [0.05, 0.1) is 12.0 Å². The van der Waals surface area contributed by atoms with Gasteiger partial charge in [0.25, 0.3) is 0 Å². The molecule has 0 aliphatic rings. The van der Waals surface area contributed by atoms with Crippen LogP contribution in [-0.2, 0) is 9.59 Å². The molecule has 0 aromatic carbocycles. The van der Waals surface area contributed by atoms with Crippen molar-refractivity contribution in [2.24, 2.45) is 17.6 Å². The molecule has 0 amide bonds. The van der Waals surface area contributed by atoms with Gasteiger partial charge < -0.3 is 10.8 Å². The van der Waals surface area contributed by atoms with E-state index < -0.39 is 11.5 Å². The third-order valence-electron chi connectivity index (χ3n) is 4.81. The van der Waals surface area contributed by atoms with E-state index >= 15 is 0 Å². The number of carboxylic acid groups (broad SMARTS) is 1. The van der Waals surface area contributed by atoms with Crippen molar-refractivity contribution in [1.29, 1.82) is 0 Å². The van der Waals surface area contributed by atoms with Gasteiger partial charge in [0, 0.05) is 5.92 Å². The van der Waals surface area contributed by atoms with Crippen molar-refractivity contribution in [3.8, 4) is 0 Å². The first-order chi connectivity index (χ1) is 10.3. The number of ketones is 1. The fourth-order valence-electron chi connectivity index (χ4n) is 2.85. The minimum absolute atomic E-state index is 0.0253. The molecule has 0 spiro atoms. The molecule has 0 saturated carbocycles. The van der Waals surface area contributed by atoms with Gasteiger partial charge in [-0.1, -0.05) is 59.3 Å². The molecule has 4 nitrogen and oxygen atoms in total. The topological polar surface area (TPSA) is 80.4 Å². The van der Waals surface area contributed by atoms with Crippen LogP contribution in [0.5, 0.6) is 0 Å². The van der Waals surface area contributed by atoms with Crippen LogP contribution in [-0.4, -0.2) is 22.4 Å². The van der Waals surface area contributed by atoms with Crippen LogP contribution in [0.15, 0.2) is 0 Å². The Labute approximate surface area is 135 Å². The molecule has 22 heavy (non-hydrogen) atoms. The molecule has 0 radical (unpaired) electrons. The second-order valence-electron chi connectivity index (χ2n) is 6.81. The van der Waals surface area contributed by atoms with Crippen LogP contribution in [0, 0.1) is 11.8 Å². The van der Waals surface area contributed by atoms with E-state index in [0.29, 0.717) is 0 Å². The number of unbranched alkanes of at least 4 members (excludes halogenated alkanes) is 5. The number of nitrogens with two attached hydrogens (primary N) is 1. The maximum atomic E-state index is 12.7. The Kier molecular flexibility index (Phi) is 10.3. The minimum atomic E-state index is -1.05. The molecule has 0 aromatic rings. The lowest BCUT2D eigenvalue weighted by molar-refractivity contribution is -0.139. The van der Waals surface area contributed by atoms with Crippen LogP contribution in [0.2, 0.25) is 0 Å². The van der Waals surface area contributed by atoms with Crippen LogP contribution < -0.4 is 5.73 Å². The normalized spacial score (nSPS) is 16.8. The summed E-state index contributed by atoms with van der Waals surface area (Å²) in [6.45, 7) is 7.65. The molecule has 3 N–H and O–H groups in total. The van der Waals surface area contributed by atoms with Crippen LogP contribution in [0.25, 0.3) is 0 Å². The zero-order chi connectivity index (χ0) is 17.2. The summed E-state index contributed by atoms with van der Waals surface area (Å²) >= 11 is 0. The van der Waals surface area contributed by atoms with Crippen molar-refractivity contribution >= 4 is 11.8 Å². The van der Waals surface area contributed by atoms with Crippen LogP contribution in [0.3, 0.4) is 0 Å². The number of carbonyl (C=O) groups excluding carboxylic acids is 1. The molecule has 0 fully saturated rings. The number of Topliss-reactive ketones (excluding diaryl/α,β-unsaturated/α-hetero) is 1. The highest BCUT2D eigenvalue weighted by Crippen LogP contribution is 2.26. The summed E-state index contributed by atoms with van der Waals surface area (Å²) in [6, 6.07) is 0. The second-order valence-corrected chi connectivity index (χ2v) is 6.81. The fourth-order valence-corrected chi connectivity index (χ4v) is 2.85. The smallest absolute Gasteiger partial charge is 0.303 e. The van der Waals surface area contributed by atoms with Gasteiger partial charge >= 0.3 is 5.97 Å². The number of rotatable bonds is 13. The van der Waals surface area contributed by atoms with Crippen LogP contribution >= 0.6 is 0 Å². The molecule has 0 aliphatic carbocycles. The summed E-state index contributed by atoms with van der Waals surface area (Å²) in [5, 5.41) is 8.90. The molecule has 3 atom stereocenters. The average molecular weight is 313 g/mol. The van der Waals surface area contributed by atoms with E-state index in [1.165, 1.54) is 25.7 Å². The van der Waals surface area contributed by atoms with Gasteiger partial charge in [-0.25, -0.2) is 0 Å². The van der Waals surface area contributed by atoms with Gasteiger partial charge in [-0.2, -0.15) is 0 Å². The molecular formula is C18H35NO3. The van der Waals surface area contributed by atoms with Gasteiger partial charge in [0.15, 0.2) is 5.78 Å². The van der Waals surface area contributed by atoms with Crippen molar-refractivity contribution in [3.63, 3.8) is 0 Å². The highest BCUT2D eigenvalue weighted by atomic mass is 16.4. The molecule has 0 heterocycles. The van der Waals surface area contributed by atoms with Crippen molar-refractivity contribution in [2.75, 3.05) is 0 Å². The third-order valence-corrected chi connectivity index (χ3v) is 4.81. The monoisotopic (exact) mass is 313 g/mol. The number of aliphatic carboxylic acids is 1. The molecule has 0 rings (SSSR count). The van der Waals surface area contributed by atoms with Gasteiger partial charge in [0.2, 0.25) is 0 Å². The molecule has 0 saturated heterocycles. The Morgan fingerprint density at radius 1 is 1.09 bits per heavy atom. The summed E-state index contributed by atoms with van der Waals surface area (Å²) in [5.74, 6) is -1.27. The quantitative estimate of drug-likeness (QED) is 0.500. The second kappa shape index (κ2) is 10.8. The van der Waals surface area contributed by atoms with Crippen LogP contribution in [0.4, 0.5) is 0 Å². The highest BCUT2D eigenvalue weighted by Gasteiger charge is 2.38. The first-order valence-corrected chi connectivity index (χ1v) is 8.82. The first-order valence-electron chi connectivity index (χ1n) is 8.82. The summed E-state index contributed by atoms with van der Waals surface area (Å²) in [6.07, 6.45) is 8.82. The number of carbonyl (C=O) groups is 2. The molecule has 4 heteroatoms. The van der Waals surface area contributed by atoms with Gasteiger partial charge in [0.1, 0.15) is 0 Å². The Balaban J connectivity index is 4.40. The van der Waals surface area contributed by atoms with Gasteiger partial charge in [-0.05, 0) is 25.7 Å². The number of carboxylic acids is 1. The van der Waals surface area contributed by atoms with E-state index in [0.717, 1.165) is 25.7 Å². The molecule has 0 bridgehead atoms. The molecular weight excluding hydrogens is 278 g/mol. The lowest BCUT2D eigenvalue weighted by Gasteiger charge is -2.32. The van der Waals surface area contributed by atoms with E-state index in [1.807, 2.05) is 6.92 Å². The molecule has 130 valence electrons. The van der Waals surface area contributed by atoms with E-state index in [1.54, 1.807) is 13.8 Å². The lowest BCUT2D eigenvalue weighted by atomic mass is 9.75. The molecule has 3 unspecified atom stereocenters. The van der Waals surface area contributed by atoms with Crippen LogP contribution in [0.1, 0.15) is 85.5 Å². The fraction of sp³-hybridized carbons (Fsp3) is 0.889. The summed E-state index contributed by atoms with van der Waals surface area (Å²) in [4.78, 5) is 23.5. The standard InChI is InChI=1S/C18H35NO3/c1-5-7-8-9-10-11-12-15(6-2)17(22)18(4,19)14(3)13-16(20)21/h14-15H,5-13,19H2,1-4H3,(H,20,21). The van der Waals surface area contributed by atoms with Gasteiger partial charge in [-0.3, -0.25) is 9.59 Å². The zero-order valence-corrected chi connectivity index (χ0v) is 14.9. The molecule has 0 aliphatic heterocycles. The predicted octanol–water partition coefficient (Wildman–Crippen LogP) is 4.16. The predicted molar refractivity (Wildman–Crippen MR) is 90.8 cm³/mol. The van der Waals surface area contributed by atoms with E-state index in [-0.39, 0.29) is 24.0 Å². The minimum Gasteiger partial charge on any atom is -0.481 e. The Morgan fingerprint density at radius 3 is 2.14 bits per heavy atom. The maximum Gasteiger partial charge on any atom is 0.303 e. The maximum absolute atomic E-state index is 12.7. The summed E-state index contributed by atoms with van der Waals surface area (Å²) in [7, 11) is 0. The number of hydrogen-bond donors (Lipinski definition) is 2. The van der Waals surface area contributed by atoms with Gasteiger partial charge in [-0.15, -0.1) is 0 Å². The van der Waals surface area contributed by atoms with Crippen molar-refractivity contribution < 1.29 is 14.7 Å². The Hall–Kier alpha value is -0.900. The average Bonchev–Trinajstić information content (AvgIpc) is 2.45.